The van der Waals surface area contributed by atoms with Crippen LogP contribution >= 0.6 is 11.3 Å². The van der Waals surface area contributed by atoms with Crippen LogP contribution in [0.2, 0.25) is 0 Å². The van der Waals surface area contributed by atoms with Crippen molar-refractivity contribution in [2.24, 2.45) is 0 Å². The Bertz CT molecular complexity index is 1010. The van der Waals surface area contributed by atoms with Gasteiger partial charge in [0.05, 0.1) is 6.26 Å². The number of nitrogens with one attached hydrogen (secondary N) is 1. The molecule has 8 heteroatoms. The lowest BCUT2D eigenvalue weighted by Gasteiger charge is -2.16. The molecule has 1 N–H and O–H groups in total. The van der Waals surface area contributed by atoms with Gasteiger partial charge in [-0.2, -0.15) is 0 Å². The van der Waals surface area contributed by atoms with Crippen LogP contribution in [0.15, 0.2) is 62.7 Å². The Morgan fingerprint density at radius 1 is 1.20 bits per heavy atom. The lowest BCUT2D eigenvalue weighted by molar-refractivity contribution is 0.0963. The number of nitrogens with zero attached hydrogens (tertiary/aromatic N) is 1. The molecule has 0 saturated carbocycles. The van der Waals surface area contributed by atoms with E-state index in [0.29, 0.717) is 18.7 Å². The predicted octanol–water partition coefficient (Wildman–Crippen LogP) is 3.34. The predicted molar refractivity (Wildman–Crippen MR) is 95.7 cm³/mol. The van der Waals surface area contributed by atoms with Gasteiger partial charge in [-0.25, -0.2) is 8.42 Å². The maximum absolute atomic E-state index is 12.5. The Morgan fingerprint density at radius 2 is 2.08 bits per heavy atom. The Hall–Kier alpha value is -2.58. The summed E-state index contributed by atoms with van der Waals surface area (Å²) >= 11 is 1.16. The minimum atomic E-state index is -3.58. The minimum Gasteiger partial charge on any atom is -0.459 e. The van der Waals surface area contributed by atoms with E-state index < -0.39 is 10.0 Å². The number of amides is 1. The maximum atomic E-state index is 12.5. The lowest BCUT2D eigenvalue weighted by atomic mass is 10.1. The van der Waals surface area contributed by atoms with Crippen molar-refractivity contribution in [1.82, 2.24) is 0 Å². The van der Waals surface area contributed by atoms with Gasteiger partial charge < -0.3 is 9.32 Å². The summed E-state index contributed by atoms with van der Waals surface area (Å²) in [6.07, 6.45) is 2.13. The molecule has 1 aliphatic rings. The highest BCUT2D eigenvalue weighted by atomic mass is 32.2. The zero-order chi connectivity index (χ0) is 17.4. The second-order valence-electron chi connectivity index (χ2n) is 5.57. The Morgan fingerprint density at radius 3 is 2.80 bits per heavy atom. The number of hydrogen-bond donors (Lipinski definition) is 1. The fourth-order valence-electron chi connectivity index (χ4n) is 2.83. The molecule has 0 fully saturated rings. The maximum Gasteiger partial charge on any atom is 0.293 e. The van der Waals surface area contributed by atoms with Crippen LogP contribution in [0, 0.1) is 0 Å². The van der Waals surface area contributed by atoms with Crippen molar-refractivity contribution >= 4 is 38.6 Å². The molecule has 25 heavy (non-hydrogen) atoms. The van der Waals surface area contributed by atoms with E-state index in [0.717, 1.165) is 22.6 Å². The van der Waals surface area contributed by atoms with Crippen molar-refractivity contribution in [2.45, 2.75) is 10.6 Å². The van der Waals surface area contributed by atoms with Crippen molar-refractivity contribution in [2.75, 3.05) is 16.2 Å². The van der Waals surface area contributed by atoms with Crippen LogP contribution in [0.25, 0.3) is 0 Å². The monoisotopic (exact) mass is 374 g/mol. The van der Waals surface area contributed by atoms with Crippen molar-refractivity contribution in [3.63, 3.8) is 0 Å². The van der Waals surface area contributed by atoms with E-state index in [1.807, 2.05) is 0 Å². The van der Waals surface area contributed by atoms with Crippen LogP contribution in [-0.2, 0) is 16.4 Å². The fraction of sp³-hybridized carbons (Fsp3) is 0.118. The first kappa shape index (κ1) is 15.9. The van der Waals surface area contributed by atoms with E-state index >= 15 is 0 Å². The van der Waals surface area contributed by atoms with Gasteiger partial charge in [-0.05, 0) is 53.8 Å². The van der Waals surface area contributed by atoms with Crippen LogP contribution in [0.4, 0.5) is 11.4 Å². The molecule has 4 rings (SSSR count). The third kappa shape index (κ3) is 2.94. The highest BCUT2D eigenvalue weighted by molar-refractivity contribution is 7.94. The molecule has 0 spiro atoms. The average molecular weight is 374 g/mol. The molecule has 3 aromatic rings. The summed E-state index contributed by atoms with van der Waals surface area (Å²) in [5.74, 6) is 0.0889. The Labute approximate surface area is 148 Å². The number of furan rings is 1. The molecular formula is C17H14N2O4S2. The van der Waals surface area contributed by atoms with Gasteiger partial charge in [0.2, 0.25) is 0 Å². The molecule has 1 aromatic carbocycles. The molecule has 0 aliphatic carbocycles. The SMILES string of the molecule is O=C(c1ccco1)N1CCc2cc(NS(=O)(=O)c3cccs3)ccc21. The Balaban J connectivity index is 1.59. The number of fused-ring (bicyclic) bond motifs is 1. The van der Waals surface area contributed by atoms with Crippen LogP contribution in [0.3, 0.4) is 0 Å². The van der Waals surface area contributed by atoms with Gasteiger partial charge in [0.25, 0.3) is 15.9 Å². The summed E-state index contributed by atoms with van der Waals surface area (Å²) in [7, 11) is -3.58. The number of carbonyl (C=O) groups excluding carboxylic acids is 1. The number of thiophene rings is 1. The molecular weight excluding hydrogens is 360 g/mol. The van der Waals surface area contributed by atoms with Gasteiger partial charge in [0, 0.05) is 17.9 Å². The summed E-state index contributed by atoms with van der Waals surface area (Å²) < 4.78 is 32.6. The Kier molecular flexibility index (Phi) is 3.85. The number of carbonyl (C=O) groups is 1. The largest absolute Gasteiger partial charge is 0.459 e. The lowest BCUT2D eigenvalue weighted by Crippen LogP contribution is -2.28. The van der Waals surface area contributed by atoms with Gasteiger partial charge in [-0.1, -0.05) is 6.07 Å². The van der Waals surface area contributed by atoms with E-state index in [9.17, 15) is 13.2 Å². The quantitative estimate of drug-likeness (QED) is 0.759. The van der Waals surface area contributed by atoms with E-state index in [2.05, 4.69) is 4.72 Å². The normalized spacial score (nSPS) is 13.7. The summed E-state index contributed by atoms with van der Waals surface area (Å²) in [5, 5.41) is 1.72. The zero-order valence-corrected chi connectivity index (χ0v) is 14.6. The van der Waals surface area contributed by atoms with Gasteiger partial charge in [0.1, 0.15) is 4.21 Å². The first-order valence-corrected chi connectivity index (χ1v) is 9.95. The highest BCUT2D eigenvalue weighted by Crippen LogP contribution is 2.32. The highest BCUT2D eigenvalue weighted by Gasteiger charge is 2.27. The molecule has 0 radical (unpaired) electrons. The summed E-state index contributed by atoms with van der Waals surface area (Å²) in [6.45, 7) is 0.538. The second kappa shape index (κ2) is 6.05. The number of sulfonamides is 1. The van der Waals surface area contributed by atoms with E-state index in [1.165, 1.54) is 6.26 Å². The standard InChI is InChI=1S/C17H14N2O4S2/c20-17(15-3-1-9-23-15)19-8-7-12-11-13(5-6-14(12)19)18-25(21,22)16-4-2-10-24-16/h1-6,9-11,18H,7-8H2. The second-order valence-corrected chi connectivity index (χ2v) is 8.42. The van der Waals surface area contributed by atoms with Gasteiger partial charge in [-0.15, -0.1) is 11.3 Å². The first-order valence-electron chi connectivity index (χ1n) is 7.59. The van der Waals surface area contributed by atoms with Gasteiger partial charge in [-0.3, -0.25) is 9.52 Å². The van der Waals surface area contributed by atoms with Gasteiger partial charge >= 0.3 is 0 Å². The number of anilines is 2. The number of rotatable bonds is 4. The molecule has 0 atom stereocenters. The van der Waals surface area contributed by atoms with E-state index in [4.69, 9.17) is 4.42 Å². The average Bonchev–Trinajstić information content (AvgIpc) is 3.33. The molecule has 0 saturated heterocycles. The molecule has 1 amide bonds. The molecule has 128 valence electrons. The minimum absolute atomic E-state index is 0.198. The third-order valence-electron chi connectivity index (χ3n) is 3.96. The molecule has 0 unspecified atom stereocenters. The number of benzene rings is 1. The first-order chi connectivity index (χ1) is 12.0. The van der Waals surface area contributed by atoms with Crippen molar-refractivity contribution in [3.05, 3.63) is 65.4 Å². The van der Waals surface area contributed by atoms with E-state index in [1.54, 1.807) is 52.7 Å². The van der Waals surface area contributed by atoms with Crippen molar-refractivity contribution in [1.29, 1.82) is 0 Å². The smallest absolute Gasteiger partial charge is 0.293 e. The molecule has 3 heterocycles. The van der Waals surface area contributed by atoms with Crippen LogP contribution in [0.5, 0.6) is 0 Å². The van der Waals surface area contributed by atoms with Crippen LogP contribution in [-0.4, -0.2) is 20.9 Å². The number of hydrogen-bond acceptors (Lipinski definition) is 5. The van der Waals surface area contributed by atoms with Crippen LogP contribution in [0.1, 0.15) is 16.1 Å². The van der Waals surface area contributed by atoms with Gasteiger partial charge in [0.15, 0.2) is 5.76 Å². The summed E-state index contributed by atoms with van der Waals surface area (Å²) in [4.78, 5) is 14.1. The van der Waals surface area contributed by atoms with Crippen molar-refractivity contribution in [3.8, 4) is 0 Å². The fourth-order valence-corrected chi connectivity index (χ4v) is 4.87. The van der Waals surface area contributed by atoms with Crippen LogP contribution < -0.4 is 9.62 Å². The molecule has 6 nitrogen and oxygen atoms in total. The van der Waals surface area contributed by atoms with Crippen molar-refractivity contribution < 1.29 is 17.6 Å². The third-order valence-corrected chi connectivity index (χ3v) is 6.74. The zero-order valence-electron chi connectivity index (χ0n) is 13.0. The summed E-state index contributed by atoms with van der Waals surface area (Å²) in [6, 6.07) is 11.8. The topological polar surface area (TPSA) is 79.6 Å². The molecule has 1 aliphatic heterocycles. The molecule has 0 bridgehead atoms. The van der Waals surface area contributed by atoms with E-state index in [-0.39, 0.29) is 15.9 Å². The molecule has 2 aromatic heterocycles. The summed E-state index contributed by atoms with van der Waals surface area (Å²) in [5.41, 5.74) is 2.19.